The first-order chi connectivity index (χ1) is 4.63. The van der Waals surface area contributed by atoms with Crippen LogP contribution in [0.25, 0.3) is 0 Å². The van der Waals surface area contributed by atoms with Crippen molar-refractivity contribution in [3.63, 3.8) is 0 Å². The third-order valence-electron chi connectivity index (χ3n) is 1.45. The minimum atomic E-state index is -0.498. The third-order valence-corrected chi connectivity index (χ3v) is 1.64. The molecule has 0 saturated carbocycles. The van der Waals surface area contributed by atoms with E-state index in [-0.39, 0.29) is 11.8 Å². The molecule has 0 spiro atoms. The highest BCUT2D eigenvalue weighted by atomic mass is 35.5. The maximum Gasteiger partial charge on any atom is 0.230 e. The normalized spacial score (nSPS) is 22.0. The van der Waals surface area contributed by atoms with Gasteiger partial charge in [0.05, 0.1) is 0 Å². The summed E-state index contributed by atoms with van der Waals surface area (Å²) in [5.41, 5.74) is -0.498. The molecule has 0 aromatic heterocycles. The summed E-state index contributed by atoms with van der Waals surface area (Å²) in [6.45, 7) is 1.61. The number of amides is 2. The third kappa shape index (κ3) is 1.14. The summed E-state index contributed by atoms with van der Waals surface area (Å²) in [6.07, 6.45) is 0.631. The van der Waals surface area contributed by atoms with Crippen molar-refractivity contribution in [3.05, 3.63) is 0 Å². The quantitative estimate of drug-likeness (QED) is 0.323. The van der Waals surface area contributed by atoms with Crippen LogP contribution in [-0.4, -0.2) is 22.2 Å². The van der Waals surface area contributed by atoms with E-state index >= 15 is 0 Å². The summed E-state index contributed by atoms with van der Waals surface area (Å²) in [7, 11) is 0. The van der Waals surface area contributed by atoms with Gasteiger partial charge in [0.1, 0.15) is 5.50 Å². The Bertz CT molecular complexity index is 163. The van der Waals surface area contributed by atoms with E-state index in [4.69, 9.17) is 11.6 Å². The van der Waals surface area contributed by atoms with E-state index < -0.39 is 5.50 Å². The Morgan fingerprint density at radius 2 is 1.80 bits per heavy atom. The van der Waals surface area contributed by atoms with Crippen LogP contribution in [0.2, 0.25) is 0 Å². The lowest BCUT2D eigenvalue weighted by Crippen LogP contribution is -2.33. The Hall–Kier alpha value is -0.570. The molecule has 0 radical (unpaired) electrons. The topological polar surface area (TPSA) is 37.4 Å². The number of carbonyl (C=O) groups excluding carboxylic acids is 2. The number of imide groups is 1. The van der Waals surface area contributed by atoms with Gasteiger partial charge >= 0.3 is 0 Å². The second kappa shape index (κ2) is 2.58. The molecule has 1 aliphatic heterocycles. The zero-order valence-electron chi connectivity index (χ0n) is 5.63. The summed E-state index contributed by atoms with van der Waals surface area (Å²) >= 11 is 5.56. The maximum atomic E-state index is 10.8. The number of alkyl halides is 1. The van der Waals surface area contributed by atoms with E-state index in [2.05, 4.69) is 0 Å². The van der Waals surface area contributed by atoms with Gasteiger partial charge in [-0.05, 0) is 6.92 Å². The Labute approximate surface area is 63.9 Å². The first-order valence-corrected chi connectivity index (χ1v) is 3.55. The monoisotopic (exact) mass is 161 g/mol. The average molecular weight is 162 g/mol. The van der Waals surface area contributed by atoms with Gasteiger partial charge in [0, 0.05) is 12.8 Å². The Morgan fingerprint density at radius 1 is 1.40 bits per heavy atom. The van der Waals surface area contributed by atoms with Gasteiger partial charge in [0.25, 0.3) is 0 Å². The fourth-order valence-corrected chi connectivity index (χ4v) is 1.21. The van der Waals surface area contributed by atoms with Crippen LogP contribution in [0.15, 0.2) is 0 Å². The van der Waals surface area contributed by atoms with E-state index in [1.54, 1.807) is 6.92 Å². The molecule has 1 saturated heterocycles. The molecule has 0 aromatic carbocycles. The summed E-state index contributed by atoms with van der Waals surface area (Å²) < 4.78 is 0. The van der Waals surface area contributed by atoms with Crippen molar-refractivity contribution in [1.82, 2.24) is 4.90 Å². The molecule has 0 N–H and O–H groups in total. The van der Waals surface area contributed by atoms with Gasteiger partial charge in [0.15, 0.2) is 0 Å². The standard InChI is InChI=1S/C6H8ClNO2/c1-4(7)8-5(9)2-3-6(8)10/h4H,2-3H2,1H3. The molecule has 3 nitrogen and oxygen atoms in total. The minimum absolute atomic E-state index is 0.160. The molecule has 2 amide bonds. The Balaban J connectivity index is 2.72. The van der Waals surface area contributed by atoms with E-state index in [1.165, 1.54) is 0 Å². The van der Waals surface area contributed by atoms with Crippen LogP contribution in [0.1, 0.15) is 19.8 Å². The Morgan fingerprint density at radius 3 is 2.00 bits per heavy atom. The minimum Gasteiger partial charge on any atom is -0.274 e. The van der Waals surface area contributed by atoms with Crippen LogP contribution in [0.4, 0.5) is 0 Å². The van der Waals surface area contributed by atoms with Gasteiger partial charge in [-0.1, -0.05) is 11.6 Å². The molecule has 0 bridgehead atoms. The molecule has 1 atom stereocenters. The second-order valence-electron chi connectivity index (χ2n) is 2.23. The summed E-state index contributed by atoms with van der Waals surface area (Å²) in [4.78, 5) is 22.8. The molecule has 1 fully saturated rings. The molecule has 1 rings (SSSR count). The number of rotatable bonds is 1. The fourth-order valence-electron chi connectivity index (χ4n) is 0.991. The summed E-state index contributed by atoms with van der Waals surface area (Å²) in [6, 6.07) is 0. The van der Waals surface area contributed by atoms with Gasteiger partial charge < -0.3 is 0 Å². The van der Waals surface area contributed by atoms with Crippen LogP contribution in [-0.2, 0) is 9.59 Å². The second-order valence-corrected chi connectivity index (χ2v) is 2.86. The van der Waals surface area contributed by atoms with Crippen molar-refractivity contribution in [1.29, 1.82) is 0 Å². The lowest BCUT2D eigenvalue weighted by atomic mass is 10.4. The summed E-state index contributed by atoms with van der Waals surface area (Å²) in [5.74, 6) is -0.319. The predicted octanol–water partition coefficient (Wildman–Crippen LogP) is 0.720. The molecule has 1 unspecified atom stereocenters. The van der Waals surface area contributed by atoms with Crippen molar-refractivity contribution in [2.75, 3.05) is 0 Å². The Kier molecular flexibility index (Phi) is 1.94. The molecule has 1 heterocycles. The number of hydrogen-bond donors (Lipinski definition) is 0. The molecule has 1 aliphatic rings. The van der Waals surface area contributed by atoms with E-state index in [1.807, 2.05) is 0 Å². The highest BCUT2D eigenvalue weighted by molar-refractivity contribution is 6.23. The number of halogens is 1. The lowest BCUT2D eigenvalue weighted by molar-refractivity contribution is -0.138. The number of nitrogens with zero attached hydrogens (tertiary/aromatic N) is 1. The van der Waals surface area contributed by atoms with Gasteiger partial charge in [-0.2, -0.15) is 0 Å². The molecule has 0 aliphatic carbocycles. The van der Waals surface area contributed by atoms with Crippen LogP contribution in [0.5, 0.6) is 0 Å². The average Bonchev–Trinajstić information content (AvgIpc) is 2.11. The molecule has 56 valence electrons. The van der Waals surface area contributed by atoms with Crippen LogP contribution in [0.3, 0.4) is 0 Å². The van der Waals surface area contributed by atoms with E-state index in [9.17, 15) is 9.59 Å². The first kappa shape index (κ1) is 7.54. The predicted molar refractivity (Wildman–Crippen MR) is 36.4 cm³/mol. The molecule has 4 heteroatoms. The van der Waals surface area contributed by atoms with Crippen LogP contribution >= 0.6 is 11.6 Å². The van der Waals surface area contributed by atoms with Crippen molar-refractivity contribution in [2.45, 2.75) is 25.3 Å². The number of likely N-dealkylation sites (tertiary alicyclic amines) is 1. The molecular formula is C6H8ClNO2. The SMILES string of the molecule is CC(Cl)N1C(=O)CCC1=O. The van der Waals surface area contributed by atoms with Gasteiger partial charge in [-0.15, -0.1) is 0 Å². The summed E-state index contributed by atoms with van der Waals surface area (Å²) in [5, 5.41) is 0. The zero-order valence-corrected chi connectivity index (χ0v) is 6.39. The lowest BCUT2D eigenvalue weighted by Gasteiger charge is -2.15. The van der Waals surface area contributed by atoms with Crippen molar-refractivity contribution in [2.24, 2.45) is 0 Å². The van der Waals surface area contributed by atoms with E-state index in [0.717, 1.165) is 4.90 Å². The fraction of sp³-hybridized carbons (Fsp3) is 0.667. The largest absolute Gasteiger partial charge is 0.274 e. The van der Waals surface area contributed by atoms with Crippen LogP contribution < -0.4 is 0 Å². The number of hydrogen-bond acceptors (Lipinski definition) is 2. The number of carbonyl (C=O) groups is 2. The van der Waals surface area contributed by atoms with Gasteiger partial charge in [0.2, 0.25) is 11.8 Å². The van der Waals surface area contributed by atoms with Gasteiger partial charge in [-0.3, -0.25) is 14.5 Å². The van der Waals surface area contributed by atoms with Crippen LogP contribution in [0, 0.1) is 0 Å². The van der Waals surface area contributed by atoms with E-state index in [0.29, 0.717) is 12.8 Å². The highest BCUT2D eigenvalue weighted by Gasteiger charge is 2.31. The van der Waals surface area contributed by atoms with Crippen molar-refractivity contribution >= 4 is 23.4 Å². The zero-order chi connectivity index (χ0) is 7.72. The van der Waals surface area contributed by atoms with Crippen molar-refractivity contribution in [3.8, 4) is 0 Å². The van der Waals surface area contributed by atoms with Gasteiger partial charge in [-0.25, -0.2) is 0 Å². The first-order valence-electron chi connectivity index (χ1n) is 3.12. The molecular weight excluding hydrogens is 154 g/mol. The highest BCUT2D eigenvalue weighted by Crippen LogP contribution is 2.16. The maximum absolute atomic E-state index is 10.8. The smallest absolute Gasteiger partial charge is 0.230 e. The molecule has 0 aromatic rings. The van der Waals surface area contributed by atoms with Crippen molar-refractivity contribution < 1.29 is 9.59 Å². The molecule has 10 heavy (non-hydrogen) atoms.